The quantitative estimate of drug-likeness (QED) is 0.420. The Morgan fingerprint density at radius 1 is 1.11 bits per heavy atom. The SMILES string of the molecule is CC[C@@H](O)c1n[nH]c(-c2cncc(C34CC[C@@H](c5cc(-c6c(F)cccc6F)nnc53)C4(C)C)n2)n1. The van der Waals surface area contributed by atoms with Gasteiger partial charge in [0.15, 0.2) is 11.6 Å². The fourth-order valence-electron chi connectivity index (χ4n) is 6.16. The van der Waals surface area contributed by atoms with E-state index in [0.29, 0.717) is 23.8 Å². The first-order valence-electron chi connectivity index (χ1n) is 12.0. The fraction of sp³-hybridized carbons (Fsp3) is 0.385. The number of benzene rings is 1. The van der Waals surface area contributed by atoms with Crippen molar-refractivity contribution in [3.63, 3.8) is 0 Å². The Kier molecular flexibility index (Phi) is 5.01. The van der Waals surface area contributed by atoms with Gasteiger partial charge < -0.3 is 5.11 Å². The number of rotatable bonds is 5. The largest absolute Gasteiger partial charge is 0.385 e. The van der Waals surface area contributed by atoms with Crippen LogP contribution in [0.5, 0.6) is 0 Å². The van der Waals surface area contributed by atoms with Crippen LogP contribution in [0.4, 0.5) is 8.78 Å². The van der Waals surface area contributed by atoms with Crippen molar-refractivity contribution in [1.82, 2.24) is 35.3 Å². The smallest absolute Gasteiger partial charge is 0.179 e. The molecule has 2 aliphatic carbocycles. The van der Waals surface area contributed by atoms with Gasteiger partial charge in [-0.3, -0.25) is 10.1 Å². The number of hydrogen-bond donors (Lipinski definition) is 2. The molecule has 2 N–H and O–H groups in total. The Labute approximate surface area is 206 Å². The molecule has 1 aromatic carbocycles. The zero-order valence-corrected chi connectivity index (χ0v) is 20.1. The minimum absolute atomic E-state index is 0.124. The van der Waals surface area contributed by atoms with Gasteiger partial charge in [-0.25, -0.2) is 18.7 Å². The number of halogens is 2. The Hall–Kier alpha value is -3.66. The van der Waals surface area contributed by atoms with E-state index in [2.05, 4.69) is 44.2 Å². The third kappa shape index (κ3) is 3.00. The van der Waals surface area contributed by atoms with Gasteiger partial charge in [0.1, 0.15) is 23.4 Å². The van der Waals surface area contributed by atoms with Crippen LogP contribution in [0.25, 0.3) is 22.8 Å². The van der Waals surface area contributed by atoms with E-state index >= 15 is 0 Å². The summed E-state index contributed by atoms with van der Waals surface area (Å²) in [6, 6.07) is 5.56. The summed E-state index contributed by atoms with van der Waals surface area (Å²) in [6.07, 6.45) is 4.77. The number of aromatic nitrogens is 7. The first-order chi connectivity index (χ1) is 17.3. The lowest BCUT2D eigenvalue weighted by atomic mass is 9.66. The van der Waals surface area contributed by atoms with Crippen molar-refractivity contribution in [2.24, 2.45) is 5.41 Å². The molecular weight excluding hydrogens is 464 g/mol. The summed E-state index contributed by atoms with van der Waals surface area (Å²) in [6.45, 7) is 6.20. The fourth-order valence-corrected chi connectivity index (χ4v) is 6.16. The zero-order chi connectivity index (χ0) is 25.2. The number of aliphatic hydroxyl groups is 1. The molecule has 10 heteroatoms. The number of nitrogens with one attached hydrogen (secondary N) is 1. The van der Waals surface area contributed by atoms with E-state index in [1.54, 1.807) is 18.5 Å². The van der Waals surface area contributed by atoms with Crippen LogP contribution in [0, 0.1) is 17.0 Å². The highest BCUT2D eigenvalue weighted by Crippen LogP contribution is 2.69. The predicted octanol–water partition coefficient (Wildman–Crippen LogP) is 4.64. The number of aliphatic hydroxyl groups excluding tert-OH is 1. The van der Waals surface area contributed by atoms with E-state index in [1.165, 1.54) is 18.2 Å². The van der Waals surface area contributed by atoms with Crippen molar-refractivity contribution in [3.8, 4) is 22.8 Å². The second kappa shape index (κ2) is 7.92. The molecule has 6 rings (SSSR count). The summed E-state index contributed by atoms with van der Waals surface area (Å²) >= 11 is 0. The van der Waals surface area contributed by atoms with E-state index in [9.17, 15) is 13.9 Å². The van der Waals surface area contributed by atoms with Crippen molar-refractivity contribution in [1.29, 1.82) is 0 Å². The second-order valence-corrected chi connectivity index (χ2v) is 10.1. The molecular formula is C26H25F2N7O. The molecule has 3 aromatic heterocycles. The molecule has 1 saturated carbocycles. The molecule has 0 spiro atoms. The van der Waals surface area contributed by atoms with Crippen LogP contribution in [-0.2, 0) is 5.41 Å². The molecule has 2 aliphatic rings. The van der Waals surface area contributed by atoms with Crippen molar-refractivity contribution in [3.05, 3.63) is 71.1 Å². The Balaban J connectivity index is 1.47. The molecule has 3 heterocycles. The van der Waals surface area contributed by atoms with E-state index in [0.717, 1.165) is 29.8 Å². The lowest BCUT2D eigenvalue weighted by molar-refractivity contribution is 0.164. The normalized spacial score (nSPS) is 22.6. The molecule has 3 atom stereocenters. The molecule has 2 bridgehead atoms. The van der Waals surface area contributed by atoms with E-state index in [1.807, 2.05) is 6.92 Å². The number of H-pyrrole nitrogens is 1. The van der Waals surface area contributed by atoms with Gasteiger partial charge in [0.25, 0.3) is 0 Å². The van der Waals surface area contributed by atoms with Crippen LogP contribution in [-0.4, -0.2) is 40.5 Å². The average molecular weight is 490 g/mol. The third-order valence-electron chi connectivity index (χ3n) is 8.10. The van der Waals surface area contributed by atoms with Gasteiger partial charge in [-0.15, -0.1) is 5.10 Å². The van der Waals surface area contributed by atoms with Crippen molar-refractivity contribution < 1.29 is 13.9 Å². The van der Waals surface area contributed by atoms with Gasteiger partial charge >= 0.3 is 0 Å². The highest BCUT2D eigenvalue weighted by atomic mass is 19.1. The topological polar surface area (TPSA) is 113 Å². The highest BCUT2D eigenvalue weighted by Gasteiger charge is 2.65. The maximum Gasteiger partial charge on any atom is 0.179 e. The predicted molar refractivity (Wildman–Crippen MR) is 127 cm³/mol. The van der Waals surface area contributed by atoms with Crippen molar-refractivity contribution >= 4 is 0 Å². The van der Waals surface area contributed by atoms with E-state index < -0.39 is 23.2 Å². The summed E-state index contributed by atoms with van der Waals surface area (Å²) < 4.78 is 29.0. The van der Waals surface area contributed by atoms with Crippen molar-refractivity contribution in [2.75, 3.05) is 0 Å². The summed E-state index contributed by atoms with van der Waals surface area (Å²) in [7, 11) is 0. The Bertz CT molecular complexity index is 1470. The van der Waals surface area contributed by atoms with Gasteiger partial charge in [0.05, 0.1) is 34.3 Å². The van der Waals surface area contributed by atoms with Gasteiger partial charge in [0.2, 0.25) is 0 Å². The lowest BCUT2D eigenvalue weighted by Gasteiger charge is -2.37. The van der Waals surface area contributed by atoms with E-state index in [4.69, 9.17) is 4.98 Å². The first-order valence-corrected chi connectivity index (χ1v) is 12.0. The number of fused-ring (bicyclic) bond motifs is 5. The summed E-state index contributed by atoms with van der Waals surface area (Å²) in [4.78, 5) is 13.8. The maximum atomic E-state index is 14.5. The maximum absolute atomic E-state index is 14.5. The Morgan fingerprint density at radius 3 is 2.64 bits per heavy atom. The molecule has 0 saturated heterocycles. The van der Waals surface area contributed by atoms with Crippen LogP contribution < -0.4 is 0 Å². The summed E-state index contributed by atoms with van der Waals surface area (Å²) in [5.74, 6) is -0.479. The number of hydrogen-bond acceptors (Lipinski definition) is 7. The molecule has 0 amide bonds. The molecule has 8 nitrogen and oxygen atoms in total. The van der Waals surface area contributed by atoms with Gasteiger partial charge in [-0.1, -0.05) is 26.8 Å². The molecule has 184 valence electrons. The summed E-state index contributed by atoms with van der Waals surface area (Å²) in [5.41, 5.74) is 2.13. The second-order valence-electron chi connectivity index (χ2n) is 10.1. The average Bonchev–Trinajstić information content (AvgIpc) is 3.52. The minimum atomic E-state index is -0.760. The molecule has 1 fully saturated rings. The van der Waals surface area contributed by atoms with Crippen LogP contribution in [0.1, 0.15) is 74.8 Å². The summed E-state index contributed by atoms with van der Waals surface area (Å²) in [5, 5.41) is 25.9. The van der Waals surface area contributed by atoms with Gasteiger partial charge in [-0.05, 0) is 54.4 Å². The highest BCUT2D eigenvalue weighted by molar-refractivity contribution is 5.64. The standard InChI is InChI=1S/C26H25F2N7O/c1-4-19(36)24-31-23(34-35-24)18-11-29-12-20(30-18)26-9-8-14(25(26,2)3)13-10-17(32-33-22(13)26)21-15(27)6-5-7-16(21)28/h5-7,10-12,14,19,36H,4,8-9H2,1-3H3,(H,31,34,35)/t14-,19+,26?/m0/s1. The molecule has 36 heavy (non-hydrogen) atoms. The van der Waals surface area contributed by atoms with Gasteiger partial charge in [0, 0.05) is 6.20 Å². The molecule has 0 radical (unpaired) electrons. The van der Waals surface area contributed by atoms with Gasteiger partial charge in [-0.2, -0.15) is 10.2 Å². The molecule has 1 unspecified atom stereocenters. The number of aromatic amines is 1. The minimum Gasteiger partial charge on any atom is -0.385 e. The molecule has 4 aromatic rings. The zero-order valence-electron chi connectivity index (χ0n) is 20.1. The van der Waals surface area contributed by atoms with Crippen LogP contribution in [0.2, 0.25) is 0 Å². The monoisotopic (exact) mass is 489 g/mol. The first kappa shape index (κ1) is 22.8. The third-order valence-corrected chi connectivity index (χ3v) is 8.10. The molecule has 0 aliphatic heterocycles. The van der Waals surface area contributed by atoms with E-state index in [-0.39, 0.29) is 22.6 Å². The lowest BCUT2D eigenvalue weighted by Crippen LogP contribution is -2.38. The van der Waals surface area contributed by atoms with Crippen LogP contribution in [0.3, 0.4) is 0 Å². The van der Waals surface area contributed by atoms with Crippen molar-refractivity contribution in [2.45, 2.75) is 57.5 Å². The number of nitrogens with zero attached hydrogens (tertiary/aromatic N) is 6. The van der Waals surface area contributed by atoms with Crippen LogP contribution >= 0.6 is 0 Å². The Morgan fingerprint density at radius 2 is 1.89 bits per heavy atom. The van der Waals surface area contributed by atoms with Crippen LogP contribution in [0.15, 0.2) is 36.7 Å².